The van der Waals surface area contributed by atoms with E-state index in [1.807, 2.05) is 43.5 Å². The Bertz CT molecular complexity index is 532. The lowest BCUT2D eigenvalue weighted by Crippen LogP contribution is -2.29. The van der Waals surface area contributed by atoms with Crippen LogP contribution < -0.4 is 5.32 Å². The highest BCUT2D eigenvalue weighted by atomic mass is 16.5. The van der Waals surface area contributed by atoms with Gasteiger partial charge in [0.1, 0.15) is 0 Å². The summed E-state index contributed by atoms with van der Waals surface area (Å²) in [6.45, 7) is 6.87. The number of nitrogens with zero attached hydrogens (tertiary/aromatic N) is 2. The minimum absolute atomic E-state index is 0.222. The van der Waals surface area contributed by atoms with Crippen LogP contribution in [0.5, 0.6) is 0 Å². The standard InChI is InChI=1S/C15H21N3O/c1-12-10-18(11-15(2,3)19-4)14(16-12)17-13-8-6-5-7-9-13/h5-10H,11H2,1-4H3,(H,16,17). The zero-order valence-corrected chi connectivity index (χ0v) is 12.0. The summed E-state index contributed by atoms with van der Waals surface area (Å²) in [5.41, 5.74) is 1.80. The quantitative estimate of drug-likeness (QED) is 0.895. The first-order valence-corrected chi connectivity index (χ1v) is 6.41. The van der Waals surface area contributed by atoms with E-state index in [2.05, 4.69) is 28.7 Å². The van der Waals surface area contributed by atoms with Gasteiger partial charge >= 0.3 is 0 Å². The third kappa shape index (κ3) is 3.58. The molecular formula is C15H21N3O. The van der Waals surface area contributed by atoms with E-state index in [1.165, 1.54) is 0 Å². The Kier molecular flexibility index (Phi) is 3.90. The van der Waals surface area contributed by atoms with Gasteiger partial charge in [-0.1, -0.05) is 18.2 Å². The van der Waals surface area contributed by atoms with Crippen LogP contribution in [-0.4, -0.2) is 22.3 Å². The van der Waals surface area contributed by atoms with Gasteiger partial charge < -0.3 is 14.6 Å². The van der Waals surface area contributed by atoms with Crippen molar-refractivity contribution < 1.29 is 4.74 Å². The normalized spacial score (nSPS) is 11.6. The lowest BCUT2D eigenvalue weighted by molar-refractivity contribution is 0.00859. The number of imidazole rings is 1. The van der Waals surface area contributed by atoms with Crippen LogP contribution in [-0.2, 0) is 11.3 Å². The van der Waals surface area contributed by atoms with Crippen LogP contribution in [0.3, 0.4) is 0 Å². The van der Waals surface area contributed by atoms with Gasteiger partial charge in [0, 0.05) is 19.0 Å². The Morgan fingerprint density at radius 1 is 1.26 bits per heavy atom. The molecule has 0 bridgehead atoms. The van der Waals surface area contributed by atoms with Crippen LogP contribution in [0.2, 0.25) is 0 Å². The molecule has 0 aliphatic heterocycles. The second-order valence-electron chi connectivity index (χ2n) is 5.29. The number of aryl methyl sites for hydroxylation is 1. The molecule has 1 aromatic carbocycles. The second-order valence-corrected chi connectivity index (χ2v) is 5.29. The fourth-order valence-corrected chi connectivity index (χ4v) is 1.89. The third-order valence-electron chi connectivity index (χ3n) is 3.03. The molecule has 0 radical (unpaired) electrons. The molecular weight excluding hydrogens is 238 g/mol. The molecule has 0 aliphatic carbocycles. The summed E-state index contributed by atoms with van der Waals surface area (Å²) in [5.74, 6) is 0.842. The van der Waals surface area contributed by atoms with E-state index in [9.17, 15) is 0 Å². The number of nitrogens with one attached hydrogen (secondary N) is 1. The number of methoxy groups -OCH3 is 1. The first kappa shape index (κ1) is 13.6. The molecule has 0 amide bonds. The van der Waals surface area contributed by atoms with Crippen LogP contribution in [0.25, 0.3) is 0 Å². The zero-order chi connectivity index (χ0) is 13.9. The number of hydrogen-bond acceptors (Lipinski definition) is 3. The number of rotatable bonds is 5. The van der Waals surface area contributed by atoms with E-state index in [1.54, 1.807) is 7.11 Å². The molecule has 0 spiro atoms. The maximum Gasteiger partial charge on any atom is 0.207 e. The van der Waals surface area contributed by atoms with E-state index in [4.69, 9.17) is 4.74 Å². The minimum Gasteiger partial charge on any atom is -0.377 e. The SMILES string of the molecule is COC(C)(C)Cn1cc(C)nc1Nc1ccccc1. The summed E-state index contributed by atoms with van der Waals surface area (Å²) in [5, 5.41) is 3.34. The molecule has 0 saturated heterocycles. The lowest BCUT2D eigenvalue weighted by Gasteiger charge is -2.24. The van der Waals surface area contributed by atoms with Gasteiger partial charge in [0.15, 0.2) is 0 Å². The monoisotopic (exact) mass is 259 g/mol. The zero-order valence-electron chi connectivity index (χ0n) is 12.0. The Hall–Kier alpha value is -1.81. The summed E-state index contributed by atoms with van der Waals surface area (Å²) in [4.78, 5) is 4.52. The molecule has 2 aromatic rings. The Morgan fingerprint density at radius 3 is 2.58 bits per heavy atom. The van der Waals surface area contributed by atoms with Crippen LogP contribution in [0.1, 0.15) is 19.5 Å². The lowest BCUT2D eigenvalue weighted by atomic mass is 10.1. The van der Waals surface area contributed by atoms with Crippen molar-refractivity contribution in [3.8, 4) is 0 Å². The average Bonchev–Trinajstić information content (AvgIpc) is 2.70. The smallest absolute Gasteiger partial charge is 0.207 e. The molecule has 1 aromatic heterocycles. The molecule has 4 nitrogen and oxygen atoms in total. The topological polar surface area (TPSA) is 39.1 Å². The van der Waals surface area contributed by atoms with Gasteiger partial charge in [-0.3, -0.25) is 0 Å². The van der Waals surface area contributed by atoms with Crippen molar-refractivity contribution in [2.24, 2.45) is 0 Å². The van der Waals surface area contributed by atoms with Gasteiger partial charge in [-0.25, -0.2) is 4.98 Å². The maximum absolute atomic E-state index is 5.48. The number of aromatic nitrogens is 2. The van der Waals surface area contributed by atoms with E-state index < -0.39 is 0 Å². The van der Waals surface area contributed by atoms with Gasteiger partial charge in [-0.15, -0.1) is 0 Å². The highest BCUT2D eigenvalue weighted by molar-refractivity contribution is 5.53. The first-order valence-electron chi connectivity index (χ1n) is 6.41. The van der Waals surface area contributed by atoms with Crippen LogP contribution >= 0.6 is 0 Å². The minimum atomic E-state index is -0.222. The van der Waals surface area contributed by atoms with E-state index in [-0.39, 0.29) is 5.60 Å². The Morgan fingerprint density at radius 2 is 1.95 bits per heavy atom. The summed E-state index contributed by atoms with van der Waals surface area (Å²) in [7, 11) is 1.73. The van der Waals surface area contributed by atoms with Gasteiger partial charge in [-0.2, -0.15) is 0 Å². The summed E-state index contributed by atoms with van der Waals surface area (Å²) in [6.07, 6.45) is 2.03. The molecule has 102 valence electrons. The molecule has 2 rings (SSSR count). The van der Waals surface area contributed by atoms with Crippen molar-refractivity contribution in [2.75, 3.05) is 12.4 Å². The van der Waals surface area contributed by atoms with Crippen molar-refractivity contribution >= 4 is 11.6 Å². The molecule has 0 atom stereocenters. The van der Waals surface area contributed by atoms with Crippen LogP contribution in [0, 0.1) is 6.92 Å². The van der Waals surface area contributed by atoms with Crippen molar-refractivity contribution in [2.45, 2.75) is 32.9 Å². The van der Waals surface area contributed by atoms with Crippen molar-refractivity contribution in [3.63, 3.8) is 0 Å². The van der Waals surface area contributed by atoms with Crippen molar-refractivity contribution in [1.29, 1.82) is 0 Å². The van der Waals surface area contributed by atoms with Gasteiger partial charge in [0.05, 0.1) is 17.8 Å². The molecule has 19 heavy (non-hydrogen) atoms. The number of ether oxygens (including phenoxy) is 1. The summed E-state index contributed by atoms with van der Waals surface area (Å²) in [6, 6.07) is 10.0. The second kappa shape index (κ2) is 5.45. The van der Waals surface area contributed by atoms with Gasteiger partial charge in [0.2, 0.25) is 5.95 Å². The Labute approximate surface area is 114 Å². The highest BCUT2D eigenvalue weighted by Gasteiger charge is 2.19. The van der Waals surface area contributed by atoms with Crippen molar-refractivity contribution in [1.82, 2.24) is 9.55 Å². The fourth-order valence-electron chi connectivity index (χ4n) is 1.89. The molecule has 0 unspecified atom stereocenters. The van der Waals surface area contributed by atoms with Crippen LogP contribution in [0.15, 0.2) is 36.5 Å². The third-order valence-corrected chi connectivity index (χ3v) is 3.03. The molecule has 1 heterocycles. The number of anilines is 2. The first-order chi connectivity index (χ1) is 9.00. The van der Waals surface area contributed by atoms with Crippen LogP contribution in [0.4, 0.5) is 11.6 Å². The molecule has 0 aliphatic rings. The number of hydrogen-bond donors (Lipinski definition) is 1. The average molecular weight is 259 g/mol. The summed E-state index contributed by atoms with van der Waals surface area (Å²) < 4.78 is 7.57. The van der Waals surface area contributed by atoms with E-state index >= 15 is 0 Å². The summed E-state index contributed by atoms with van der Waals surface area (Å²) >= 11 is 0. The molecule has 4 heteroatoms. The molecule has 1 N–H and O–H groups in total. The predicted octanol–water partition coefficient (Wildman–Crippen LogP) is 3.36. The Balaban J connectivity index is 2.21. The number of para-hydroxylation sites is 1. The van der Waals surface area contributed by atoms with E-state index in [0.717, 1.165) is 23.9 Å². The highest BCUT2D eigenvalue weighted by Crippen LogP contribution is 2.19. The molecule has 0 fully saturated rings. The van der Waals surface area contributed by atoms with Gasteiger partial charge in [0.25, 0.3) is 0 Å². The van der Waals surface area contributed by atoms with Crippen molar-refractivity contribution in [3.05, 3.63) is 42.2 Å². The maximum atomic E-state index is 5.48. The van der Waals surface area contributed by atoms with E-state index in [0.29, 0.717) is 0 Å². The fraction of sp³-hybridized carbons (Fsp3) is 0.400. The number of benzene rings is 1. The largest absolute Gasteiger partial charge is 0.377 e. The predicted molar refractivity (Wildman–Crippen MR) is 77.8 cm³/mol. The molecule has 0 saturated carbocycles. The van der Waals surface area contributed by atoms with Gasteiger partial charge in [-0.05, 0) is 32.9 Å².